The summed E-state index contributed by atoms with van der Waals surface area (Å²) in [4.78, 5) is 13.9. The number of likely N-dealkylation sites (tertiary alicyclic amines) is 2. The van der Waals surface area contributed by atoms with Crippen LogP contribution >= 0.6 is 0 Å². The highest BCUT2D eigenvalue weighted by atomic mass is 16.6. The van der Waals surface area contributed by atoms with Crippen molar-refractivity contribution >= 4 is 6.09 Å². The van der Waals surface area contributed by atoms with Gasteiger partial charge in [0.15, 0.2) is 0 Å². The maximum Gasteiger partial charge on any atom is 0.410 e. The molecule has 2 aliphatic rings. The molecule has 0 bridgehead atoms. The summed E-state index contributed by atoms with van der Waals surface area (Å²) in [6.45, 7) is 8.81. The highest BCUT2D eigenvalue weighted by molar-refractivity contribution is 5.68. The van der Waals surface area contributed by atoms with Crippen LogP contribution in [0.3, 0.4) is 0 Å². The third kappa shape index (κ3) is 4.58. The molecule has 0 aromatic carbocycles. The molecule has 1 N–H and O–H groups in total. The zero-order valence-corrected chi connectivity index (χ0v) is 13.8. The number of quaternary nitrogens is 1. The fourth-order valence-corrected chi connectivity index (χ4v) is 3.46. The van der Waals surface area contributed by atoms with Crippen molar-refractivity contribution in [2.75, 3.05) is 26.2 Å². The lowest BCUT2D eigenvalue weighted by Gasteiger charge is -2.41. The van der Waals surface area contributed by atoms with Crippen molar-refractivity contribution in [2.24, 2.45) is 0 Å². The zero-order valence-electron chi connectivity index (χ0n) is 13.8. The number of amides is 1. The van der Waals surface area contributed by atoms with Crippen LogP contribution in [0.1, 0.15) is 59.3 Å². The molecule has 5 nitrogen and oxygen atoms in total. The summed E-state index contributed by atoms with van der Waals surface area (Å²) in [6.07, 6.45) is 6.22. The second-order valence-electron chi connectivity index (χ2n) is 7.55. The lowest BCUT2D eigenvalue weighted by molar-refractivity contribution is -1.12. The van der Waals surface area contributed by atoms with Crippen LogP contribution in [0, 0.1) is 0 Å². The van der Waals surface area contributed by atoms with Gasteiger partial charge in [-0.15, -0.1) is 0 Å². The van der Waals surface area contributed by atoms with Crippen LogP contribution in [0.5, 0.6) is 0 Å². The summed E-state index contributed by atoms with van der Waals surface area (Å²) >= 11 is 0. The van der Waals surface area contributed by atoms with Crippen molar-refractivity contribution in [3.05, 3.63) is 0 Å². The first-order valence-electron chi connectivity index (χ1n) is 8.38. The average molecular weight is 299 g/mol. The molecule has 2 aliphatic heterocycles. The quantitative estimate of drug-likeness (QED) is 0.757. The minimum absolute atomic E-state index is 0.221. The monoisotopic (exact) mass is 299 g/mol. The number of carbonyl (C=O) groups is 1. The molecule has 2 fully saturated rings. The second kappa shape index (κ2) is 6.53. The predicted molar refractivity (Wildman–Crippen MR) is 81.1 cm³/mol. The van der Waals surface area contributed by atoms with Crippen molar-refractivity contribution in [2.45, 2.75) is 70.9 Å². The molecule has 0 aromatic heterocycles. The van der Waals surface area contributed by atoms with Crippen LogP contribution in [0.2, 0.25) is 0 Å². The number of ether oxygens (including phenoxy) is 1. The van der Waals surface area contributed by atoms with E-state index in [2.05, 4.69) is 0 Å². The van der Waals surface area contributed by atoms with Crippen LogP contribution in [0.15, 0.2) is 0 Å². The van der Waals surface area contributed by atoms with Crippen LogP contribution in [-0.4, -0.2) is 58.7 Å². The largest absolute Gasteiger partial charge is 0.444 e. The fourth-order valence-electron chi connectivity index (χ4n) is 3.46. The Morgan fingerprint density at radius 2 is 1.62 bits per heavy atom. The van der Waals surface area contributed by atoms with Crippen LogP contribution in [-0.2, 0) is 4.74 Å². The van der Waals surface area contributed by atoms with Gasteiger partial charge in [-0.3, -0.25) is 0 Å². The first kappa shape index (κ1) is 16.6. The minimum Gasteiger partial charge on any atom is -0.444 e. The highest BCUT2D eigenvalue weighted by Gasteiger charge is 2.40. The smallest absolute Gasteiger partial charge is 0.410 e. The van der Waals surface area contributed by atoms with Gasteiger partial charge >= 0.3 is 6.09 Å². The molecule has 0 atom stereocenters. The number of hydrogen-bond acceptors (Lipinski definition) is 3. The van der Waals surface area contributed by atoms with Crippen molar-refractivity contribution in [1.29, 1.82) is 0 Å². The minimum atomic E-state index is -0.441. The van der Waals surface area contributed by atoms with Crippen molar-refractivity contribution < 1.29 is 19.4 Å². The van der Waals surface area contributed by atoms with E-state index < -0.39 is 5.60 Å². The normalized spacial score (nSPS) is 24.5. The van der Waals surface area contributed by atoms with Gasteiger partial charge in [0.2, 0.25) is 0 Å². The van der Waals surface area contributed by atoms with E-state index in [1.54, 1.807) is 4.90 Å². The van der Waals surface area contributed by atoms with Crippen molar-refractivity contribution in [3.63, 3.8) is 0 Å². The summed E-state index contributed by atoms with van der Waals surface area (Å²) in [5.74, 6) is 0. The van der Waals surface area contributed by atoms with Gasteiger partial charge < -0.3 is 9.64 Å². The molecule has 2 heterocycles. The molecule has 0 unspecified atom stereocenters. The summed E-state index contributed by atoms with van der Waals surface area (Å²) < 4.78 is 5.65. The fraction of sp³-hybridized carbons (Fsp3) is 0.938. The van der Waals surface area contributed by atoms with Gasteiger partial charge in [-0.05, 0) is 46.5 Å². The molecule has 2 rings (SSSR count). The third-order valence-corrected chi connectivity index (χ3v) is 4.64. The van der Waals surface area contributed by atoms with E-state index in [0.29, 0.717) is 13.1 Å². The SMILES string of the molecule is CC(C)(C)OC(=O)N1CCC([N+]2(O)CCCCCC2)CC1. The molecular formula is C16H31N2O3+. The zero-order chi connectivity index (χ0) is 15.5. The van der Waals surface area contributed by atoms with E-state index in [1.165, 1.54) is 12.8 Å². The maximum absolute atomic E-state index is 12.1. The summed E-state index contributed by atoms with van der Waals surface area (Å²) in [6, 6.07) is 0.279. The van der Waals surface area contributed by atoms with Gasteiger partial charge in [-0.25, -0.2) is 10.0 Å². The Kier molecular flexibility index (Phi) is 5.15. The van der Waals surface area contributed by atoms with Gasteiger partial charge in [0.05, 0.1) is 0 Å². The third-order valence-electron chi connectivity index (χ3n) is 4.64. The summed E-state index contributed by atoms with van der Waals surface area (Å²) in [5, 5.41) is 10.9. The molecule has 1 amide bonds. The summed E-state index contributed by atoms with van der Waals surface area (Å²) in [7, 11) is 0. The lowest BCUT2D eigenvalue weighted by atomic mass is 10.0. The van der Waals surface area contributed by atoms with E-state index >= 15 is 0 Å². The van der Waals surface area contributed by atoms with Crippen molar-refractivity contribution in [3.8, 4) is 0 Å². The molecule has 0 radical (unpaired) electrons. The Bertz CT molecular complexity index is 349. The Hall–Kier alpha value is -0.810. The number of piperidine rings is 1. The number of rotatable bonds is 1. The highest BCUT2D eigenvalue weighted by Crippen LogP contribution is 2.27. The molecule has 0 aromatic rings. The van der Waals surface area contributed by atoms with Crippen LogP contribution in [0.4, 0.5) is 4.79 Å². The first-order valence-corrected chi connectivity index (χ1v) is 8.38. The molecule has 2 saturated heterocycles. The summed E-state index contributed by atoms with van der Waals surface area (Å²) in [5.41, 5.74) is -0.441. The van der Waals surface area contributed by atoms with Gasteiger partial charge in [0.25, 0.3) is 0 Å². The molecule has 122 valence electrons. The molecule has 5 heteroatoms. The predicted octanol–water partition coefficient (Wildman–Crippen LogP) is 3.17. The van der Waals surface area contributed by atoms with Gasteiger partial charge in [0, 0.05) is 25.9 Å². The number of carbonyl (C=O) groups excluding carboxylic acids is 1. The van der Waals surface area contributed by atoms with E-state index in [0.717, 1.165) is 38.8 Å². The van der Waals surface area contributed by atoms with E-state index in [4.69, 9.17) is 4.74 Å². The van der Waals surface area contributed by atoms with E-state index in [1.807, 2.05) is 20.8 Å². The van der Waals surface area contributed by atoms with Crippen molar-refractivity contribution in [1.82, 2.24) is 4.90 Å². The van der Waals surface area contributed by atoms with Gasteiger partial charge in [-0.2, -0.15) is 4.65 Å². The molecule has 21 heavy (non-hydrogen) atoms. The van der Waals surface area contributed by atoms with Crippen LogP contribution < -0.4 is 0 Å². The standard InChI is InChI=1S/C16H31N2O3/c1-16(2,3)21-15(19)17-10-8-14(9-11-17)18(20)12-6-4-5-7-13-18/h14,20H,4-13H2,1-3H3/q+1. The average Bonchev–Trinajstić information content (AvgIpc) is 2.63. The molecule has 0 aliphatic carbocycles. The topological polar surface area (TPSA) is 49.8 Å². The van der Waals surface area contributed by atoms with Gasteiger partial charge in [0.1, 0.15) is 24.7 Å². The lowest BCUT2D eigenvalue weighted by Crippen LogP contribution is -2.57. The van der Waals surface area contributed by atoms with Crippen LogP contribution in [0.25, 0.3) is 0 Å². The molecule has 0 saturated carbocycles. The number of hydrogen-bond donors (Lipinski definition) is 1. The molecular weight excluding hydrogens is 268 g/mol. The number of hydroxylamine groups is 3. The Morgan fingerprint density at radius 3 is 2.10 bits per heavy atom. The molecule has 0 spiro atoms. The van der Waals surface area contributed by atoms with Gasteiger partial charge in [-0.1, -0.05) is 0 Å². The van der Waals surface area contributed by atoms with E-state index in [9.17, 15) is 10.0 Å². The Balaban J connectivity index is 1.86. The first-order chi connectivity index (χ1) is 9.80. The Morgan fingerprint density at radius 1 is 1.10 bits per heavy atom. The Labute approximate surface area is 128 Å². The van der Waals surface area contributed by atoms with E-state index in [-0.39, 0.29) is 16.8 Å². The second-order valence-corrected chi connectivity index (χ2v) is 7.55. The number of nitrogens with zero attached hydrogens (tertiary/aromatic N) is 2. The maximum atomic E-state index is 12.1.